The average Bonchev–Trinajstić information content (AvgIpc) is 2.78. The van der Waals surface area contributed by atoms with Gasteiger partial charge in [0.05, 0.1) is 24.1 Å². The monoisotopic (exact) mass is 376 g/mol. The Hall–Kier alpha value is -2.51. The number of nitrogens with two attached hydrogens (primary N) is 1. The molecule has 1 aromatic carbocycles. The Balaban J connectivity index is 1.89. The van der Waals surface area contributed by atoms with Crippen molar-refractivity contribution >= 4 is 29.0 Å². The van der Waals surface area contributed by atoms with Gasteiger partial charge in [-0.1, -0.05) is 11.6 Å². The molecule has 0 saturated carbocycles. The normalized spacial score (nSPS) is 20.2. The number of aromatic nitrogens is 1. The number of hydrogen-bond acceptors (Lipinski definition) is 5. The van der Waals surface area contributed by atoms with Crippen LogP contribution in [0.5, 0.6) is 0 Å². The lowest BCUT2D eigenvalue weighted by Gasteiger charge is -2.25. The first-order valence-corrected chi connectivity index (χ1v) is 8.40. The van der Waals surface area contributed by atoms with Crippen LogP contribution < -0.4 is 11.1 Å². The molecule has 2 heterocycles. The summed E-state index contributed by atoms with van der Waals surface area (Å²) in [6.45, 7) is 2.38. The number of nitrogens with zero attached hydrogens (tertiary/aromatic N) is 2. The number of anilines is 1. The van der Waals surface area contributed by atoms with E-state index >= 15 is 0 Å². The fraction of sp³-hybridized carbons (Fsp3) is 0.278. The van der Waals surface area contributed by atoms with Crippen molar-refractivity contribution in [3.63, 3.8) is 0 Å². The van der Waals surface area contributed by atoms with Crippen molar-refractivity contribution in [2.24, 2.45) is 10.7 Å². The zero-order chi connectivity index (χ0) is 18.7. The number of amides is 1. The van der Waals surface area contributed by atoms with Crippen LogP contribution in [-0.4, -0.2) is 29.9 Å². The molecule has 1 aliphatic heterocycles. The Morgan fingerprint density at radius 1 is 1.38 bits per heavy atom. The summed E-state index contributed by atoms with van der Waals surface area (Å²) in [5.74, 6) is -0.467. The number of nitrogens with one attached hydrogen (secondary N) is 1. The first-order valence-electron chi connectivity index (χ1n) is 8.02. The molecule has 0 fully saturated rings. The molecule has 2 aromatic rings. The number of rotatable bonds is 3. The van der Waals surface area contributed by atoms with Gasteiger partial charge >= 0.3 is 0 Å². The number of halogens is 2. The highest BCUT2D eigenvalue weighted by atomic mass is 35.5. The van der Waals surface area contributed by atoms with Crippen LogP contribution in [-0.2, 0) is 10.3 Å². The Morgan fingerprint density at radius 3 is 2.92 bits per heavy atom. The maximum absolute atomic E-state index is 14.5. The standard InChI is InChI=1S/C18H18ClFN4O2/c1-18(10-26-7-6-16(21)24-18)13-8-12(3-4-14(13)20)23-17(25)15-5-2-11(19)9-22-15/h2-5,8-9H,6-7,10H2,1H3,(H2,21,24)(H,23,25). The van der Waals surface area contributed by atoms with Crippen LogP contribution in [0.25, 0.3) is 0 Å². The van der Waals surface area contributed by atoms with Crippen LogP contribution in [0.3, 0.4) is 0 Å². The van der Waals surface area contributed by atoms with Gasteiger partial charge in [0.25, 0.3) is 5.91 Å². The quantitative estimate of drug-likeness (QED) is 0.861. The molecule has 0 saturated heterocycles. The molecule has 3 N–H and O–H groups in total. The molecule has 8 heteroatoms. The van der Waals surface area contributed by atoms with Crippen LogP contribution in [0, 0.1) is 5.82 Å². The minimum Gasteiger partial charge on any atom is -0.387 e. The van der Waals surface area contributed by atoms with Crippen LogP contribution >= 0.6 is 11.6 Å². The van der Waals surface area contributed by atoms with Crippen molar-refractivity contribution in [2.75, 3.05) is 18.5 Å². The molecule has 1 aliphatic rings. The number of amidine groups is 1. The maximum atomic E-state index is 14.5. The number of pyridine rings is 1. The van der Waals surface area contributed by atoms with Crippen molar-refractivity contribution in [1.82, 2.24) is 4.98 Å². The van der Waals surface area contributed by atoms with E-state index < -0.39 is 17.3 Å². The van der Waals surface area contributed by atoms with Crippen molar-refractivity contribution in [3.8, 4) is 0 Å². The topological polar surface area (TPSA) is 89.6 Å². The molecule has 1 atom stereocenters. The van der Waals surface area contributed by atoms with E-state index in [9.17, 15) is 9.18 Å². The highest BCUT2D eigenvalue weighted by Gasteiger charge is 2.32. The van der Waals surface area contributed by atoms with E-state index in [1.54, 1.807) is 13.0 Å². The molecule has 1 unspecified atom stereocenters. The van der Waals surface area contributed by atoms with Crippen molar-refractivity contribution in [2.45, 2.75) is 18.9 Å². The minimum absolute atomic E-state index is 0.195. The lowest BCUT2D eigenvalue weighted by atomic mass is 9.92. The smallest absolute Gasteiger partial charge is 0.274 e. The van der Waals surface area contributed by atoms with Gasteiger partial charge in [0.2, 0.25) is 0 Å². The van der Waals surface area contributed by atoms with Crippen LogP contribution in [0.4, 0.5) is 10.1 Å². The van der Waals surface area contributed by atoms with E-state index in [1.807, 2.05) is 0 Å². The maximum Gasteiger partial charge on any atom is 0.274 e. The summed E-state index contributed by atoms with van der Waals surface area (Å²) < 4.78 is 20.0. The van der Waals surface area contributed by atoms with Gasteiger partial charge in [0.15, 0.2) is 0 Å². The second kappa shape index (κ2) is 7.39. The molecule has 0 aliphatic carbocycles. The summed E-state index contributed by atoms with van der Waals surface area (Å²) in [7, 11) is 0. The van der Waals surface area contributed by atoms with E-state index in [-0.39, 0.29) is 12.3 Å². The van der Waals surface area contributed by atoms with E-state index in [2.05, 4.69) is 15.3 Å². The summed E-state index contributed by atoms with van der Waals surface area (Å²) in [6.07, 6.45) is 1.88. The highest BCUT2D eigenvalue weighted by Crippen LogP contribution is 2.32. The summed E-state index contributed by atoms with van der Waals surface area (Å²) in [4.78, 5) is 20.7. The number of carbonyl (C=O) groups excluding carboxylic acids is 1. The van der Waals surface area contributed by atoms with E-state index in [0.717, 1.165) is 0 Å². The highest BCUT2D eigenvalue weighted by molar-refractivity contribution is 6.30. The predicted molar refractivity (Wildman–Crippen MR) is 98.0 cm³/mol. The summed E-state index contributed by atoms with van der Waals surface area (Å²) >= 11 is 5.77. The number of hydrogen-bond donors (Lipinski definition) is 2. The van der Waals surface area contributed by atoms with Crippen LogP contribution in [0.15, 0.2) is 41.5 Å². The molecule has 0 bridgehead atoms. The Morgan fingerprint density at radius 2 is 2.19 bits per heavy atom. The first-order chi connectivity index (χ1) is 12.4. The van der Waals surface area contributed by atoms with Gasteiger partial charge in [-0.3, -0.25) is 9.79 Å². The van der Waals surface area contributed by atoms with Gasteiger partial charge in [-0.25, -0.2) is 9.37 Å². The summed E-state index contributed by atoms with van der Waals surface area (Å²) in [5, 5.41) is 3.13. The third-order valence-corrected chi connectivity index (χ3v) is 4.26. The first kappa shape index (κ1) is 18.3. The molecule has 3 rings (SSSR count). The van der Waals surface area contributed by atoms with E-state index in [4.69, 9.17) is 22.1 Å². The second-order valence-corrected chi connectivity index (χ2v) is 6.63. The van der Waals surface area contributed by atoms with Gasteiger partial charge in [-0.05, 0) is 37.3 Å². The Bertz CT molecular complexity index is 857. The van der Waals surface area contributed by atoms with Gasteiger partial charge in [0, 0.05) is 23.9 Å². The molecule has 26 heavy (non-hydrogen) atoms. The van der Waals surface area contributed by atoms with Gasteiger partial charge in [0.1, 0.15) is 17.1 Å². The zero-order valence-electron chi connectivity index (χ0n) is 14.1. The fourth-order valence-electron chi connectivity index (χ4n) is 2.71. The predicted octanol–water partition coefficient (Wildman–Crippen LogP) is 3.12. The lowest BCUT2D eigenvalue weighted by molar-refractivity contribution is 0.102. The third-order valence-electron chi connectivity index (χ3n) is 4.04. The van der Waals surface area contributed by atoms with Crippen molar-refractivity contribution in [3.05, 3.63) is 58.6 Å². The fourth-order valence-corrected chi connectivity index (χ4v) is 2.82. The van der Waals surface area contributed by atoms with Crippen molar-refractivity contribution < 1.29 is 13.9 Å². The number of benzene rings is 1. The second-order valence-electron chi connectivity index (χ2n) is 6.19. The van der Waals surface area contributed by atoms with E-state index in [1.165, 1.54) is 30.5 Å². The summed E-state index contributed by atoms with van der Waals surface area (Å²) in [6, 6.07) is 7.37. The number of carbonyl (C=O) groups is 1. The number of aliphatic imine (C=N–C) groups is 1. The van der Waals surface area contributed by atoms with Crippen LogP contribution in [0.2, 0.25) is 5.02 Å². The SMILES string of the molecule is CC1(c2cc(NC(=O)c3ccc(Cl)cn3)ccc2F)COCCC(N)=N1. The van der Waals surface area contributed by atoms with Crippen LogP contribution in [0.1, 0.15) is 29.4 Å². The van der Waals surface area contributed by atoms with Gasteiger partial charge < -0.3 is 15.8 Å². The third kappa shape index (κ3) is 4.00. The minimum atomic E-state index is -0.968. The van der Waals surface area contributed by atoms with Crippen molar-refractivity contribution in [1.29, 1.82) is 0 Å². The summed E-state index contributed by atoms with van der Waals surface area (Å²) in [5.41, 5.74) is 5.81. The Labute approximate surface area is 155 Å². The molecule has 1 aromatic heterocycles. The molecule has 0 spiro atoms. The molecule has 0 radical (unpaired) electrons. The van der Waals surface area contributed by atoms with E-state index in [0.29, 0.717) is 35.1 Å². The lowest BCUT2D eigenvalue weighted by Crippen LogP contribution is -2.28. The van der Waals surface area contributed by atoms with Gasteiger partial charge in [-0.15, -0.1) is 0 Å². The average molecular weight is 377 g/mol. The molecular formula is C18H18ClFN4O2. The molecule has 1 amide bonds. The molecule has 6 nitrogen and oxygen atoms in total. The number of ether oxygens (including phenoxy) is 1. The van der Waals surface area contributed by atoms with Gasteiger partial charge in [-0.2, -0.15) is 0 Å². The molecule has 136 valence electrons. The largest absolute Gasteiger partial charge is 0.387 e. The molecular weight excluding hydrogens is 359 g/mol. The zero-order valence-corrected chi connectivity index (χ0v) is 14.9. The Kier molecular flexibility index (Phi) is 5.20.